The van der Waals surface area contributed by atoms with E-state index in [0.717, 1.165) is 12.0 Å². The van der Waals surface area contributed by atoms with Gasteiger partial charge >= 0.3 is 0 Å². The first-order valence-corrected chi connectivity index (χ1v) is 5.16. The molecule has 0 fully saturated rings. The molecule has 0 aliphatic rings. The first kappa shape index (κ1) is 11.2. The summed E-state index contributed by atoms with van der Waals surface area (Å²) in [5.41, 5.74) is 12.3. The molecule has 0 unspecified atom stereocenters. The van der Waals surface area contributed by atoms with Crippen molar-refractivity contribution in [2.75, 3.05) is 5.73 Å². The van der Waals surface area contributed by atoms with Crippen LogP contribution in [0.3, 0.4) is 0 Å². The van der Waals surface area contributed by atoms with Crippen molar-refractivity contribution in [1.29, 1.82) is 0 Å². The van der Waals surface area contributed by atoms with Gasteiger partial charge in [-0.15, -0.1) is 0 Å². The van der Waals surface area contributed by atoms with E-state index < -0.39 is 5.91 Å². The number of aryl methyl sites for hydroxylation is 3. The smallest absolute Gasteiger partial charge is 0.271 e. The molecule has 4 N–H and O–H groups in total. The van der Waals surface area contributed by atoms with Crippen molar-refractivity contribution < 1.29 is 4.79 Å². The lowest BCUT2D eigenvalue weighted by Gasteiger charge is -1.98. The highest BCUT2D eigenvalue weighted by atomic mass is 16.1. The third-order valence-corrected chi connectivity index (χ3v) is 2.41. The molecule has 0 aromatic carbocycles. The summed E-state index contributed by atoms with van der Waals surface area (Å²) in [5.74, 6) is -0.609. The standard InChI is InChI=1S/C10H14N6O/c1-15-5-7(4-13-15)2-3-16-6-8(11)9(14-16)10(12)17/h4-6H,2-3,11H2,1H3,(H2,12,17). The molecule has 0 bridgehead atoms. The third-order valence-electron chi connectivity index (χ3n) is 2.41. The van der Waals surface area contributed by atoms with E-state index in [9.17, 15) is 4.79 Å². The van der Waals surface area contributed by atoms with Gasteiger partial charge in [0, 0.05) is 26.0 Å². The van der Waals surface area contributed by atoms with Crippen molar-refractivity contribution in [3.63, 3.8) is 0 Å². The van der Waals surface area contributed by atoms with Gasteiger partial charge in [-0.3, -0.25) is 14.2 Å². The molecule has 2 heterocycles. The monoisotopic (exact) mass is 234 g/mol. The minimum Gasteiger partial charge on any atom is -0.396 e. The molecule has 0 atom stereocenters. The Balaban J connectivity index is 2.04. The van der Waals surface area contributed by atoms with Crippen molar-refractivity contribution in [3.8, 4) is 0 Å². The Kier molecular flexibility index (Phi) is 2.82. The van der Waals surface area contributed by atoms with Gasteiger partial charge in [-0.05, 0) is 12.0 Å². The Bertz CT molecular complexity index is 541. The summed E-state index contributed by atoms with van der Waals surface area (Å²) in [4.78, 5) is 11.0. The normalized spacial score (nSPS) is 10.6. The topological polar surface area (TPSA) is 105 Å². The highest BCUT2D eigenvalue weighted by Crippen LogP contribution is 2.09. The van der Waals surface area contributed by atoms with Crippen LogP contribution in [0, 0.1) is 0 Å². The van der Waals surface area contributed by atoms with Crippen molar-refractivity contribution >= 4 is 11.6 Å². The Labute approximate surface area is 98.0 Å². The third kappa shape index (κ3) is 2.44. The molecule has 7 heteroatoms. The number of nitrogens with zero attached hydrogens (tertiary/aromatic N) is 4. The quantitative estimate of drug-likeness (QED) is 0.746. The number of nitrogen functional groups attached to an aromatic ring is 1. The summed E-state index contributed by atoms with van der Waals surface area (Å²) >= 11 is 0. The van der Waals surface area contributed by atoms with E-state index >= 15 is 0 Å². The van der Waals surface area contributed by atoms with E-state index in [1.54, 1.807) is 21.8 Å². The van der Waals surface area contributed by atoms with Gasteiger partial charge in [0.2, 0.25) is 0 Å². The molecular weight excluding hydrogens is 220 g/mol. The zero-order chi connectivity index (χ0) is 12.4. The number of aromatic nitrogens is 4. The molecule has 0 aliphatic heterocycles. The SMILES string of the molecule is Cn1cc(CCn2cc(N)c(C(N)=O)n2)cn1. The second-order valence-electron chi connectivity index (χ2n) is 3.83. The number of amides is 1. The van der Waals surface area contributed by atoms with Crippen molar-refractivity contribution in [1.82, 2.24) is 19.6 Å². The summed E-state index contributed by atoms with van der Waals surface area (Å²) in [7, 11) is 1.86. The zero-order valence-corrected chi connectivity index (χ0v) is 9.50. The zero-order valence-electron chi connectivity index (χ0n) is 9.50. The molecule has 2 aromatic heterocycles. The Morgan fingerprint density at radius 3 is 2.76 bits per heavy atom. The largest absolute Gasteiger partial charge is 0.396 e. The maximum atomic E-state index is 11.0. The Hall–Kier alpha value is -2.31. The number of primary amides is 1. The molecule has 17 heavy (non-hydrogen) atoms. The minimum atomic E-state index is -0.609. The number of rotatable bonds is 4. The van der Waals surface area contributed by atoms with Crippen molar-refractivity contribution in [2.45, 2.75) is 13.0 Å². The maximum Gasteiger partial charge on any atom is 0.271 e. The summed E-state index contributed by atoms with van der Waals surface area (Å²) in [6.45, 7) is 0.628. The lowest BCUT2D eigenvalue weighted by atomic mass is 10.2. The first-order valence-electron chi connectivity index (χ1n) is 5.16. The fraction of sp³-hybridized carbons (Fsp3) is 0.300. The lowest BCUT2D eigenvalue weighted by molar-refractivity contribution is 0.0995. The Morgan fingerprint density at radius 2 is 2.24 bits per heavy atom. The minimum absolute atomic E-state index is 0.121. The highest BCUT2D eigenvalue weighted by molar-refractivity contribution is 5.95. The van der Waals surface area contributed by atoms with Gasteiger partial charge in [-0.25, -0.2) is 0 Å². The number of carbonyl (C=O) groups is 1. The van der Waals surface area contributed by atoms with Crippen LogP contribution in [0.2, 0.25) is 0 Å². The van der Waals surface area contributed by atoms with Gasteiger partial charge in [0.15, 0.2) is 5.69 Å². The molecule has 2 aromatic rings. The number of hydrogen-bond acceptors (Lipinski definition) is 4. The summed E-state index contributed by atoms with van der Waals surface area (Å²) in [5, 5.41) is 8.09. The first-order chi connectivity index (χ1) is 8.06. The Morgan fingerprint density at radius 1 is 1.47 bits per heavy atom. The molecule has 0 saturated heterocycles. The molecule has 0 saturated carbocycles. The second kappa shape index (κ2) is 4.28. The molecular formula is C10H14N6O. The van der Waals surface area contributed by atoms with E-state index in [1.807, 2.05) is 13.2 Å². The van der Waals surface area contributed by atoms with Crippen LogP contribution in [0.25, 0.3) is 0 Å². The molecule has 0 radical (unpaired) electrons. The van der Waals surface area contributed by atoms with Crippen LogP contribution in [0.15, 0.2) is 18.6 Å². The number of carbonyl (C=O) groups excluding carboxylic acids is 1. The van der Waals surface area contributed by atoms with Crippen LogP contribution in [0.5, 0.6) is 0 Å². The number of hydrogen-bond donors (Lipinski definition) is 2. The fourth-order valence-corrected chi connectivity index (χ4v) is 1.59. The fourth-order valence-electron chi connectivity index (χ4n) is 1.59. The van der Waals surface area contributed by atoms with Crippen LogP contribution in [-0.2, 0) is 20.0 Å². The van der Waals surface area contributed by atoms with Crippen molar-refractivity contribution in [3.05, 3.63) is 29.8 Å². The van der Waals surface area contributed by atoms with E-state index in [4.69, 9.17) is 11.5 Å². The van der Waals surface area contributed by atoms with Gasteiger partial charge < -0.3 is 11.5 Å². The number of anilines is 1. The molecule has 90 valence electrons. The van der Waals surface area contributed by atoms with Gasteiger partial charge in [0.1, 0.15) is 0 Å². The predicted octanol–water partition coefficient (Wildman–Crippen LogP) is -0.460. The van der Waals surface area contributed by atoms with E-state index in [1.165, 1.54) is 0 Å². The maximum absolute atomic E-state index is 11.0. The van der Waals surface area contributed by atoms with Crippen molar-refractivity contribution in [2.24, 2.45) is 12.8 Å². The molecule has 7 nitrogen and oxygen atoms in total. The van der Waals surface area contributed by atoms with Crippen LogP contribution < -0.4 is 11.5 Å². The second-order valence-corrected chi connectivity index (χ2v) is 3.83. The summed E-state index contributed by atoms with van der Waals surface area (Å²) < 4.78 is 3.35. The van der Waals surface area contributed by atoms with Crippen LogP contribution in [0.1, 0.15) is 16.1 Å². The van der Waals surface area contributed by atoms with Crippen LogP contribution in [-0.4, -0.2) is 25.5 Å². The lowest BCUT2D eigenvalue weighted by Crippen LogP contribution is -2.14. The molecule has 0 spiro atoms. The van der Waals surface area contributed by atoms with E-state index in [0.29, 0.717) is 12.2 Å². The van der Waals surface area contributed by atoms with E-state index in [-0.39, 0.29) is 5.69 Å². The predicted molar refractivity (Wildman–Crippen MR) is 62.1 cm³/mol. The van der Waals surface area contributed by atoms with Crippen LogP contribution >= 0.6 is 0 Å². The summed E-state index contributed by atoms with van der Waals surface area (Å²) in [6.07, 6.45) is 6.10. The molecule has 1 amide bonds. The average Bonchev–Trinajstić information content (AvgIpc) is 2.82. The van der Waals surface area contributed by atoms with Gasteiger partial charge in [-0.2, -0.15) is 10.2 Å². The molecule has 0 aliphatic carbocycles. The highest BCUT2D eigenvalue weighted by Gasteiger charge is 2.11. The summed E-state index contributed by atoms with van der Waals surface area (Å²) in [6, 6.07) is 0. The number of nitrogens with two attached hydrogens (primary N) is 2. The van der Waals surface area contributed by atoms with Gasteiger partial charge in [0.05, 0.1) is 11.9 Å². The van der Waals surface area contributed by atoms with Gasteiger partial charge in [0.25, 0.3) is 5.91 Å². The van der Waals surface area contributed by atoms with E-state index in [2.05, 4.69) is 10.2 Å². The van der Waals surface area contributed by atoms with Crippen LogP contribution in [0.4, 0.5) is 5.69 Å². The van der Waals surface area contributed by atoms with Gasteiger partial charge in [-0.1, -0.05) is 0 Å². The average molecular weight is 234 g/mol. The molecule has 2 rings (SSSR count).